The molecule has 1 atom stereocenters. The number of amides is 3. The standard InChI is InChI=1S/C20H19Cl2N3O5/c1-10-3-2-4-12(5-10)18(27)24-9-11-6-13(21)17(14(22)7-11)19(28)25-15(20(29)30)8-16(23)26/h2-7,15H,8-9H2,1H3,(H2,23,26)(H,24,27)(H,25,28)(H,29,30)/t15-/m0/s1. The van der Waals surface area contributed by atoms with Gasteiger partial charge >= 0.3 is 5.97 Å². The Morgan fingerprint density at radius 3 is 2.23 bits per heavy atom. The first-order chi connectivity index (χ1) is 14.1. The molecule has 158 valence electrons. The van der Waals surface area contributed by atoms with E-state index in [1.807, 2.05) is 13.0 Å². The Kier molecular flexibility index (Phi) is 7.79. The Morgan fingerprint density at radius 2 is 1.70 bits per heavy atom. The van der Waals surface area contributed by atoms with E-state index >= 15 is 0 Å². The number of hydrogen-bond donors (Lipinski definition) is 4. The van der Waals surface area contributed by atoms with E-state index in [-0.39, 0.29) is 28.1 Å². The van der Waals surface area contributed by atoms with Gasteiger partial charge in [0.2, 0.25) is 5.91 Å². The molecule has 3 amide bonds. The number of nitrogens with one attached hydrogen (secondary N) is 2. The number of nitrogens with two attached hydrogens (primary N) is 1. The van der Waals surface area contributed by atoms with Crippen molar-refractivity contribution in [1.82, 2.24) is 10.6 Å². The van der Waals surface area contributed by atoms with Gasteiger partial charge in [-0.2, -0.15) is 0 Å². The van der Waals surface area contributed by atoms with Crippen LogP contribution in [-0.2, 0) is 16.1 Å². The second kappa shape index (κ2) is 10.1. The van der Waals surface area contributed by atoms with Crippen LogP contribution in [0.1, 0.15) is 38.3 Å². The molecule has 2 rings (SSSR count). The van der Waals surface area contributed by atoms with Gasteiger partial charge in [-0.25, -0.2) is 4.79 Å². The van der Waals surface area contributed by atoms with E-state index in [1.165, 1.54) is 12.1 Å². The molecule has 0 aliphatic rings. The molecule has 2 aromatic rings. The number of aliphatic carboxylic acids is 1. The van der Waals surface area contributed by atoms with Gasteiger partial charge in [-0.3, -0.25) is 14.4 Å². The van der Waals surface area contributed by atoms with Gasteiger partial charge in [0.15, 0.2) is 0 Å². The predicted octanol–water partition coefficient (Wildman–Crippen LogP) is 2.29. The van der Waals surface area contributed by atoms with Crippen LogP contribution in [-0.4, -0.2) is 34.8 Å². The number of hydrogen-bond acceptors (Lipinski definition) is 4. The van der Waals surface area contributed by atoms with Gasteiger partial charge in [0.05, 0.1) is 22.0 Å². The van der Waals surface area contributed by atoms with Crippen LogP contribution >= 0.6 is 23.2 Å². The number of halogens is 2. The molecule has 5 N–H and O–H groups in total. The maximum absolute atomic E-state index is 12.4. The van der Waals surface area contributed by atoms with Crippen LogP contribution in [0.3, 0.4) is 0 Å². The van der Waals surface area contributed by atoms with Crippen LogP contribution in [0.4, 0.5) is 0 Å². The highest BCUT2D eigenvalue weighted by molar-refractivity contribution is 6.39. The molecule has 0 spiro atoms. The summed E-state index contributed by atoms with van der Waals surface area (Å²) in [7, 11) is 0. The van der Waals surface area contributed by atoms with E-state index in [9.17, 15) is 19.2 Å². The van der Waals surface area contributed by atoms with Crippen molar-refractivity contribution in [2.45, 2.75) is 25.9 Å². The molecule has 8 nitrogen and oxygen atoms in total. The average molecular weight is 452 g/mol. The fourth-order valence-electron chi connectivity index (χ4n) is 2.65. The van der Waals surface area contributed by atoms with E-state index in [0.29, 0.717) is 11.1 Å². The summed E-state index contributed by atoms with van der Waals surface area (Å²) in [6, 6.07) is 8.42. The highest BCUT2D eigenvalue weighted by atomic mass is 35.5. The molecular weight excluding hydrogens is 433 g/mol. The molecule has 0 radical (unpaired) electrons. The zero-order valence-electron chi connectivity index (χ0n) is 15.9. The van der Waals surface area contributed by atoms with Gasteiger partial charge < -0.3 is 21.5 Å². The summed E-state index contributed by atoms with van der Waals surface area (Å²) < 4.78 is 0. The van der Waals surface area contributed by atoms with E-state index in [1.54, 1.807) is 18.2 Å². The molecule has 0 saturated carbocycles. The van der Waals surface area contributed by atoms with E-state index in [4.69, 9.17) is 34.0 Å². The number of primary amides is 1. The molecule has 0 heterocycles. The minimum Gasteiger partial charge on any atom is -0.480 e. The third kappa shape index (κ3) is 6.20. The van der Waals surface area contributed by atoms with Crippen molar-refractivity contribution in [3.63, 3.8) is 0 Å². The van der Waals surface area contributed by atoms with Crippen molar-refractivity contribution in [3.05, 3.63) is 68.7 Å². The Hall–Kier alpha value is -3.10. The molecule has 0 unspecified atom stereocenters. The number of carboxylic acid groups (broad SMARTS) is 1. The molecule has 0 bridgehead atoms. The number of carbonyl (C=O) groups is 4. The first-order valence-corrected chi connectivity index (χ1v) is 9.48. The molecule has 0 saturated heterocycles. The first kappa shape index (κ1) is 23.2. The van der Waals surface area contributed by atoms with Crippen LogP contribution in [0.2, 0.25) is 10.0 Å². The Balaban J connectivity index is 2.12. The molecule has 0 aliphatic carbocycles. The van der Waals surface area contributed by atoms with Crippen molar-refractivity contribution < 1.29 is 24.3 Å². The fraction of sp³-hybridized carbons (Fsp3) is 0.200. The van der Waals surface area contributed by atoms with Crippen molar-refractivity contribution in [2.24, 2.45) is 5.73 Å². The zero-order valence-corrected chi connectivity index (χ0v) is 17.4. The Morgan fingerprint density at radius 1 is 1.07 bits per heavy atom. The number of carbonyl (C=O) groups excluding carboxylic acids is 3. The lowest BCUT2D eigenvalue weighted by Gasteiger charge is -2.15. The topological polar surface area (TPSA) is 139 Å². The van der Waals surface area contributed by atoms with Crippen molar-refractivity contribution in [3.8, 4) is 0 Å². The number of benzene rings is 2. The van der Waals surface area contributed by atoms with Gasteiger partial charge in [0.1, 0.15) is 6.04 Å². The maximum Gasteiger partial charge on any atom is 0.326 e. The zero-order chi connectivity index (χ0) is 22.4. The smallest absolute Gasteiger partial charge is 0.326 e. The van der Waals surface area contributed by atoms with E-state index in [0.717, 1.165) is 5.56 Å². The lowest BCUT2D eigenvalue weighted by atomic mass is 10.1. The Bertz CT molecular complexity index is 987. The SMILES string of the molecule is Cc1cccc(C(=O)NCc2cc(Cl)c(C(=O)N[C@@H](CC(N)=O)C(=O)O)c(Cl)c2)c1. The van der Waals surface area contributed by atoms with Gasteiger partial charge in [0.25, 0.3) is 11.8 Å². The fourth-order valence-corrected chi connectivity index (χ4v) is 3.35. The van der Waals surface area contributed by atoms with E-state index in [2.05, 4.69) is 10.6 Å². The summed E-state index contributed by atoms with van der Waals surface area (Å²) in [5.41, 5.74) is 6.82. The van der Waals surface area contributed by atoms with Crippen LogP contribution in [0.5, 0.6) is 0 Å². The second-order valence-electron chi connectivity index (χ2n) is 6.52. The van der Waals surface area contributed by atoms with Gasteiger partial charge in [-0.05, 0) is 36.8 Å². The molecule has 30 heavy (non-hydrogen) atoms. The highest BCUT2D eigenvalue weighted by Crippen LogP contribution is 2.27. The van der Waals surface area contributed by atoms with Gasteiger partial charge in [-0.15, -0.1) is 0 Å². The number of aryl methyl sites for hydroxylation is 1. The highest BCUT2D eigenvalue weighted by Gasteiger charge is 2.25. The second-order valence-corrected chi connectivity index (χ2v) is 7.34. The molecule has 0 aromatic heterocycles. The van der Waals surface area contributed by atoms with Crippen LogP contribution in [0, 0.1) is 6.92 Å². The summed E-state index contributed by atoms with van der Waals surface area (Å²) in [6.07, 6.45) is -0.584. The molecule has 2 aromatic carbocycles. The molecular formula is C20H19Cl2N3O5. The minimum absolute atomic E-state index is 0.0389. The first-order valence-electron chi connectivity index (χ1n) is 8.73. The van der Waals surface area contributed by atoms with Crippen LogP contribution < -0.4 is 16.4 Å². The summed E-state index contributed by atoms with van der Waals surface area (Å²) in [5, 5.41) is 13.9. The van der Waals surface area contributed by atoms with Crippen LogP contribution in [0.25, 0.3) is 0 Å². The largest absolute Gasteiger partial charge is 0.480 e. The lowest BCUT2D eigenvalue weighted by Crippen LogP contribution is -2.43. The predicted molar refractivity (Wildman–Crippen MR) is 112 cm³/mol. The Labute approximate surface area is 182 Å². The van der Waals surface area contributed by atoms with Crippen molar-refractivity contribution >= 4 is 46.9 Å². The third-order valence-electron chi connectivity index (χ3n) is 4.07. The number of rotatable bonds is 8. The molecule has 0 fully saturated rings. The number of carboxylic acids is 1. The average Bonchev–Trinajstić information content (AvgIpc) is 2.64. The lowest BCUT2D eigenvalue weighted by molar-refractivity contribution is -0.140. The quantitative estimate of drug-likeness (QED) is 0.487. The molecule has 10 heteroatoms. The summed E-state index contributed by atoms with van der Waals surface area (Å²) in [6.45, 7) is 1.98. The molecule has 0 aliphatic heterocycles. The van der Waals surface area contributed by atoms with Crippen molar-refractivity contribution in [2.75, 3.05) is 0 Å². The van der Waals surface area contributed by atoms with E-state index < -0.39 is 30.2 Å². The van der Waals surface area contributed by atoms with Crippen molar-refractivity contribution in [1.29, 1.82) is 0 Å². The summed E-state index contributed by atoms with van der Waals surface area (Å²) >= 11 is 12.3. The normalized spacial score (nSPS) is 11.4. The van der Waals surface area contributed by atoms with Crippen LogP contribution in [0.15, 0.2) is 36.4 Å². The van der Waals surface area contributed by atoms with Gasteiger partial charge in [-0.1, -0.05) is 40.9 Å². The minimum atomic E-state index is -1.52. The van der Waals surface area contributed by atoms with Gasteiger partial charge in [0, 0.05) is 12.1 Å². The summed E-state index contributed by atoms with van der Waals surface area (Å²) in [5.74, 6) is -3.47. The summed E-state index contributed by atoms with van der Waals surface area (Å²) in [4.78, 5) is 46.8. The monoisotopic (exact) mass is 451 g/mol. The third-order valence-corrected chi connectivity index (χ3v) is 4.67. The maximum atomic E-state index is 12.4.